The summed E-state index contributed by atoms with van der Waals surface area (Å²) in [5.74, 6) is -0.0546. The highest BCUT2D eigenvalue weighted by molar-refractivity contribution is 7.14. The van der Waals surface area contributed by atoms with Crippen molar-refractivity contribution in [3.05, 3.63) is 65.5 Å². The topological polar surface area (TPSA) is 62.2 Å². The van der Waals surface area contributed by atoms with Gasteiger partial charge in [-0.3, -0.25) is 4.79 Å². The van der Waals surface area contributed by atoms with Crippen molar-refractivity contribution in [1.82, 2.24) is 4.98 Å². The lowest BCUT2D eigenvalue weighted by atomic mass is 9.96. The molecule has 1 unspecified atom stereocenters. The molecule has 0 saturated heterocycles. The van der Waals surface area contributed by atoms with E-state index in [1.807, 2.05) is 48.7 Å². The van der Waals surface area contributed by atoms with Crippen LogP contribution in [0.3, 0.4) is 0 Å². The van der Waals surface area contributed by atoms with Gasteiger partial charge in [-0.2, -0.15) is 0 Å². The number of nitrogens with zero attached hydrogens (tertiary/aromatic N) is 1. The summed E-state index contributed by atoms with van der Waals surface area (Å²) in [5, 5.41) is 14.9. The lowest BCUT2D eigenvalue weighted by Crippen LogP contribution is -2.20. The Balaban J connectivity index is 1.75. The van der Waals surface area contributed by atoms with Crippen molar-refractivity contribution in [2.75, 3.05) is 5.32 Å². The molecule has 1 aromatic heterocycles. The molecule has 1 heterocycles. The number of rotatable bonds is 5. The molecule has 0 aliphatic rings. The first kappa shape index (κ1) is 16.2. The SMILES string of the molecule is CCC(C(=O)Nc1nc(-c2cccc(O)c2)cs1)c1ccccc1. The minimum absolute atomic E-state index is 0.0551. The van der Waals surface area contributed by atoms with E-state index in [2.05, 4.69) is 10.3 Å². The van der Waals surface area contributed by atoms with Gasteiger partial charge in [0.25, 0.3) is 0 Å². The van der Waals surface area contributed by atoms with Gasteiger partial charge in [-0.05, 0) is 24.1 Å². The molecule has 0 spiro atoms. The van der Waals surface area contributed by atoms with Crippen LogP contribution in [0.15, 0.2) is 60.0 Å². The third kappa shape index (κ3) is 3.63. The van der Waals surface area contributed by atoms with Crippen molar-refractivity contribution in [2.24, 2.45) is 0 Å². The highest BCUT2D eigenvalue weighted by atomic mass is 32.1. The molecule has 0 aliphatic heterocycles. The summed E-state index contributed by atoms with van der Waals surface area (Å²) in [5.41, 5.74) is 2.56. The molecular weight excluding hydrogens is 320 g/mol. The normalized spacial score (nSPS) is 11.9. The number of aromatic nitrogens is 1. The molecule has 5 heteroatoms. The van der Waals surface area contributed by atoms with Gasteiger partial charge in [0.15, 0.2) is 5.13 Å². The second kappa shape index (κ2) is 7.27. The van der Waals surface area contributed by atoms with Gasteiger partial charge < -0.3 is 10.4 Å². The Bertz CT molecular complexity index is 830. The number of hydrogen-bond acceptors (Lipinski definition) is 4. The number of thiazole rings is 1. The van der Waals surface area contributed by atoms with Crippen LogP contribution in [0, 0.1) is 0 Å². The fraction of sp³-hybridized carbons (Fsp3) is 0.158. The smallest absolute Gasteiger partial charge is 0.233 e. The number of anilines is 1. The predicted octanol–water partition coefficient (Wildman–Crippen LogP) is 4.65. The first-order chi connectivity index (χ1) is 11.7. The minimum atomic E-state index is -0.195. The van der Waals surface area contributed by atoms with Crippen LogP contribution in [0.1, 0.15) is 24.8 Å². The van der Waals surface area contributed by atoms with Crippen LogP contribution in [-0.2, 0) is 4.79 Å². The number of phenols is 1. The molecule has 3 rings (SSSR count). The van der Waals surface area contributed by atoms with Crippen LogP contribution in [0.25, 0.3) is 11.3 Å². The van der Waals surface area contributed by atoms with Crippen LogP contribution in [0.5, 0.6) is 5.75 Å². The molecule has 4 nitrogen and oxygen atoms in total. The van der Waals surface area contributed by atoms with Crippen molar-refractivity contribution in [1.29, 1.82) is 0 Å². The maximum Gasteiger partial charge on any atom is 0.233 e. The fourth-order valence-corrected chi connectivity index (χ4v) is 3.30. The molecule has 0 aliphatic carbocycles. The van der Waals surface area contributed by atoms with E-state index in [9.17, 15) is 9.90 Å². The van der Waals surface area contributed by atoms with E-state index in [1.165, 1.54) is 11.3 Å². The quantitative estimate of drug-likeness (QED) is 0.712. The van der Waals surface area contributed by atoms with Gasteiger partial charge in [0.2, 0.25) is 5.91 Å². The van der Waals surface area contributed by atoms with E-state index in [0.29, 0.717) is 5.13 Å². The largest absolute Gasteiger partial charge is 0.508 e. The molecule has 122 valence electrons. The van der Waals surface area contributed by atoms with E-state index < -0.39 is 0 Å². The summed E-state index contributed by atoms with van der Waals surface area (Å²) in [6.07, 6.45) is 0.723. The molecule has 1 atom stereocenters. The van der Waals surface area contributed by atoms with Crippen LogP contribution >= 0.6 is 11.3 Å². The van der Waals surface area contributed by atoms with Crippen LogP contribution in [0.4, 0.5) is 5.13 Å². The Morgan fingerprint density at radius 1 is 1.21 bits per heavy atom. The van der Waals surface area contributed by atoms with Crippen LogP contribution in [0.2, 0.25) is 0 Å². The van der Waals surface area contributed by atoms with Crippen molar-refractivity contribution >= 4 is 22.4 Å². The van der Waals surface area contributed by atoms with E-state index in [-0.39, 0.29) is 17.6 Å². The molecule has 2 N–H and O–H groups in total. The Morgan fingerprint density at radius 3 is 2.71 bits per heavy atom. The van der Waals surface area contributed by atoms with Crippen molar-refractivity contribution < 1.29 is 9.90 Å². The standard InChI is InChI=1S/C19H18N2O2S/c1-2-16(13-7-4-3-5-8-13)18(23)21-19-20-17(12-24-19)14-9-6-10-15(22)11-14/h3-12,16,22H,2H2,1H3,(H,20,21,23). The summed E-state index contributed by atoms with van der Waals surface area (Å²) in [6.45, 7) is 2.00. The van der Waals surface area contributed by atoms with E-state index in [4.69, 9.17) is 0 Å². The van der Waals surface area contributed by atoms with Gasteiger partial charge >= 0.3 is 0 Å². The second-order valence-corrected chi connectivity index (χ2v) is 6.31. The maximum atomic E-state index is 12.6. The zero-order valence-electron chi connectivity index (χ0n) is 13.3. The summed E-state index contributed by atoms with van der Waals surface area (Å²) < 4.78 is 0. The van der Waals surface area contributed by atoms with Gasteiger partial charge in [0.05, 0.1) is 11.6 Å². The lowest BCUT2D eigenvalue weighted by molar-refractivity contribution is -0.117. The summed E-state index contributed by atoms with van der Waals surface area (Å²) in [6, 6.07) is 16.7. The van der Waals surface area contributed by atoms with E-state index >= 15 is 0 Å². The number of nitrogens with one attached hydrogen (secondary N) is 1. The van der Waals surface area contributed by atoms with Gasteiger partial charge in [0, 0.05) is 10.9 Å². The number of benzene rings is 2. The van der Waals surface area contributed by atoms with Gasteiger partial charge in [-0.15, -0.1) is 11.3 Å². The first-order valence-corrected chi connectivity index (χ1v) is 8.66. The highest BCUT2D eigenvalue weighted by Gasteiger charge is 2.19. The molecule has 24 heavy (non-hydrogen) atoms. The second-order valence-electron chi connectivity index (χ2n) is 5.45. The Morgan fingerprint density at radius 2 is 2.00 bits per heavy atom. The number of amides is 1. The lowest BCUT2D eigenvalue weighted by Gasteiger charge is -2.14. The first-order valence-electron chi connectivity index (χ1n) is 7.78. The van der Waals surface area contributed by atoms with Crippen molar-refractivity contribution in [3.63, 3.8) is 0 Å². The van der Waals surface area contributed by atoms with Gasteiger partial charge in [-0.1, -0.05) is 49.4 Å². The van der Waals surface area contributed by atoms with Crippen LogP contribution in [-0.4, -0.2) is 16.0 Å². The Hall–Kier alpha value is -2.66. The van der Waals surface area contributed by atoms with Crippen molar-refractivity contribution in [3.8, 4) is 17.0 Å². The zero-order valence-corrected chi connectivity index (χ0v) is 14.1. The maximum absolute atomic E-state index is 12.6. The Kier molecular flexibility index (Phi) is 4.91. The average molecular weight is 338 g/mol. The monoisotopic (exact) mass is 338 g/mol. The number of carbonyl (C=O) groups is 1. The third-order valence-corrected chi connectivity index (χ3v) is 4.56. The fourth-order valence-electron chi connectivity index (χ4n) is 2.58. The molecule has 3 aromatic rings. The molecule has 0 radical (unpaired) electrons. The van der Waals surface area contributed by atoms with Crippen LogP contribution < -0.4 is 5.32 Å². The summed E-state index contributed by atoms with van der Waals surface area (Å²) in [4.78, 5) is 17.0. The van der Waals surface area contributed by atoms with Gasteiger partial charge in [-0.25, -0.2) is 4.98 Å². The molecular formula is C19H18N2O2S. The molecule has 0 bridgehead atoms. The molecule has 0 fully saturated rings. The molecule has 0 saturated carbocycles. The number of aromatic hydroxyl groups is 1. The Labute approximate surface area is 144 Å². The summed E-state index contributed by atoms with van der Waals surface area (Å²) in [7, 11) is 0. The zero-order chi connectivity index (χ0) is 16.9. The molecule has 2 aromatic carbocycles. The third-order valence-electron chi connectivity index (χ3n) is 3.80. The highest BCUT2D eigenvalue weighted by Crippen LogP contribution is 2.28. The van der Waals surface area contributed by atoms with E-state index in [0.717, 1.165) is 23.2 Å². The number of hydrogen-bond donors (Lipinski definition) is 2. The van der Waals surface area contributed by atoms with Crippen molar-refractivity contribution in [2.45, 2.75) is 19.3 Å². The van der Waals surface area contributed by atoms with E-state index in [1.54, 1.807) is 18.2 Å². The number of phenolic OH excluding ortho intramolecular Hbond substituents is 1. The average Bonchev–Trinajstić information content (AvgIpc) is 3.05. The minimum Gasteiger partial charge on any atom is -0.508 e. The number of carbonyl (C=O) groups excluding carboxylic acids is 1. The summed E-state index contributed by atoms with van der Waals surface area (Å²) >= 11 is 1.38. The van der Waals surface area contributed by atoms with Gasteiger partial charge in [0.1, 0.15) is 5.75 Å². The molecule has 1 amide bonds. The predicted molar refractivity (Wildman–Crippen MR) is 97.3 cm³/mol.